The fourth-order valence-corrected chi connectivity index (χ4v) is 2.20. The van der Waals surface area contributed by atoms with E-state index in [9.17, 15) is 0 Å². The van der Waals surface area contributed by atoms with E-state index in [-0.39, 0.29) is 0 Å². The van der Waals surface area contributed by atoms with E-state index in [1.807, 2.05) is 48.8 Å². The number of ether oxygens (including phenoxy) is 1. The molecule has 0 aliphatic heterocycles. The van der Waals surface area contributed by atoms with E-state index in [2.05, 4.69) is 27.6 Å². The van der Waals surface area contributed by atoms with Gasteiger partial charge in [-0.15, -0.1) is 0 Å². The number of hydrogen-bond donors (Lipinski definition) is 2. The van der Waals surface area contributed by atoms with E-state index >= 15 is 0 Å². The summed E-state index contributed by atoms with van der Waals surface area (Å²) in [6, 6.07) is 16.1. The average Bonchev–Trinajstić information content (AvgIpc) is 2.95. The third-order valence-corrected chi connectivity index (χ3v) is 3.34. The van der Waals surface area contributed by atoms with Crippen molar-refractivity contribution >= 4 is 17.1 Å². The number of methoxy groups -OCH3 is 1. The first-order chi connectivity index (χ1) is 10.4. The molecule has 0 aliphatic rings. The van der Waals surface area contributed by atoms with Gasteiger partial charge in [-0.25, -0.2) is 0 Å². The van der Waals surface area contributed by atoms with Crippen LogP contribution in [0.15, 0.2) is 59.8 Å². The first-order valence-corrected chi connectivity index (χ1v) is 6.82. The summed E-state index contributed by atoms with van der Waals surface area (Å²) in [6.45, 7) is 0.711. The van der Waals surface area contributed by atoms with Crippen molar-refractivity contribution in [3.05, 3.63) is 65.9 Å². The van der Waals surface area contributed by atoms with Crippen molar-refractivity contribution in [3.8, 4) is 5.75 Å². The number of hydrogen-bond acceptors (Lipinski definition) is 3. The summed E-state index contributed by atoms with van der Waals surface area (Å²) in [5, 5.41) is 5.38. The average molecular weight is 279 g/mol. The highest BCUT2D eigenvalue weighted by atomic mass is 16.5. The predicted molar refractivity (Wildman–Crippen MR) is 85.7 cm³/mol. The summed E-state index contributed by atoms with van der Waals surface area (Å²) in [4.78, 5) is 3.22. The van der Waals surface area contributed by atoms with Crippen LogP contribution in [0.3, 0.4) is 0 Å². The van der Waals surface area contributed by atoms with Gasteiger partial charge < -0.3 is 15.1 Å². The minimum absolute atomic E-state index is 0.711. The van der Waals surface area contributed by atoms with E-state index in [1.54, 1.807) is 7.11 Å². The van der Waals surface area contributed by atoms with Gasteiger partial charge in [-0.1, -0.05) is 30.3 Å². The van der Waals surface area contributed by atoms with E-state index in [4.69, 9.17) is 4.74 Å². The van der Waals surface area contributed by atoms with Crippen LogP contribution in [0.5, 0.6) is 5.75 Å². The lowest BCUT2D eigenvalue weighted by Crippen LogP contribution is -2.05. The Morgan fingerprint density at radius 2 is 2.05 bits per heavy atom. The van der Waals surface area contributed by atoms with E-state index in [0.29, 0.717) is 6.54 Å². The van der Waals surface area contributed by atoms with E-state index in [0.717, 1.165) is 22.2 Å². The second-order valence-corrected chi connectivity index (χ2v) is 4.73. The summed E-state index contributed by atoms with van der Waals surface area (Å²) in [5.74, 6) is 0.842. The minimum Gasteiger partial charge on any atom is -0.497 e. The molecule has 0 radical (unpaired) electrons. The third-order valence-electron chi connectivity index (χ3n) is 3.34. The van der Waals surface area contributed by atoms with E-state index in [1.165, 1.54) is 5.56 Å². The second kappa shape index (κ2) is 6.13. The molecule has 4 heteroatoms. The summed E-state index contributed by atoms with van der Waals surface area (Å²) < 4.78 is 5.26. The second-order valence-electron chi connectivity index (χ2n) is 4.73. The largest absolute Gasteiger partial charge is 0.497 e. The first-order valence-electron chi connectivity index (χ1n) is 6.82. The van der Waals surface area contributed by atoms with Gasteiger partial charge in [-0.2, -0.15) is 5.10 Å². The highest BCUT2D eigenvalue weighted by Gasteiger charge is 2.02. The number of hydrazone groups is 1. The number of aromatic amines is 1. The van der Waals surface area contributed by atoms with Crippen LogP contribution in [0.1, 0.15) is 11.1 Å². The van der Waals surface area contributed by atoms with Crippen LogP contribution in [0.2, 0.25) is 0 Å². The maximum atomic E-state index is 5.26. The van der Waals surface area contributed by atoms with Gasteiger partial charge >= 0.3 is 0 Å². The number of benzene rings is 2. The molecule has 106 valence electrons. The van der Waals surface area contributed by atoms with Crippen LogP contribution in [0.25, 0.3) is 10.9 Å². The van der Waals surface area contributed by atoms with Crippen LogP contribution >= 0.6 is 0 Å². The van der Waals surface area contributed by atoms with Gasteiger partial charge in [0.2, 0.25) is 0 Å². The van der Waals surface area contributed by atoms with Crippen molar-refractivity contribution in [2.45, 2.75) is 6.54 Å². The number of nitrogens with zero attached hydrogens (tertiary/aromatic N) is 1. The van der Waals surface area contributed by atoms with E-state index < -0.39 is 0 Å². The summed E-state index contributed by atoms with van der Waals surface area (Å²) in [6.07, 6.45) is 3.76. The van der Waals surface area contributed by atoms with Crippen molar-refractivity contribution in [1.29, 1.82) is 0 Å². The Labute approximate surface area is 123 Å². The number of nitrogens with one attached hydrogen (secondary N) is 2. The lowest BCUT2D eigenvalue weighted by molar-refractivity contribution is 0.415. The zero-order valence-corrected chi connectivity index (χ0v) is 11.8. The Morgan fingerprint density at radius 1 is 1.19 bits per heavy atom. The van der Waals surface area contributed by atoms with Crippen LogP contribution < -0.4 is 10.2 Å². The Balaban J connectivity index is 1.71. The molecule has 1 heterocycles. The molecular formula is C17H17N3O. The normalized spacial score (nSPS) is 11.1. The predicted octanol–water partition coefficient (Wildman–Crippen LogP) is 3.30. The van der Waals surface area contributed by atoms with Gasteiger partial charge in [-0.05, 0) is 23.8 Å². The molecule has 0 spiro atoms. The molecule has 0 amide bonds. The summed E-state index contributed by atoms with van der Waals surface area (Å²) in [7, 11) is 1.67. The fraction of sp³-hybridized carbons (Fsp3) is 0.118. The molecule has 0 atom stereocenters. The SMILES string of the molecule is COc1ccc2[nH]cc(/C=N/NCc3ccccc3)c2c1. The Bertz CT molecular complexity index is 747. The number of fused-ring (bicyclic) bond motifs is 1. The van der Waals surface area contributed by atoms with Crippen LogP contribution in [-0.2, 0) is 6.54 Å². The monoisotopic (exact) mass is 279 g/mol. The van der Waals surface area contributed by atoms with Crippen molar-refractivity contribution in [2.24, 2.45) is 5.10 Å². The lowest BCUT2D eigenvalue weighted by Gasteiger charge is -2.00. The van der Waals surface area contributed by atoms with Gasteiger partial charge in [0, 0.05) is 22.7 Å². The molecule has 2 aromatic carbocycles. The van der Waals surface area contributed by atoms with Gasteiger partial charge in [0.05, 0.1) is 19.9 Å². The van der Waals surface area contributed by atoms with Crippen molar-refractivity contribution in [2.75, 3.05) is 7.11 Å². The number of H-pyrrole nitrogens is 1. The lowest BCUT2D eigenvalue weighted by atomic mass is 10.2. The molecule has 2 N–H and O–H groups in total. The molecule has 0 bridgehead atoms. The summed E-state index contributed by atoms with van der Waals surface area (Å²) >= 11 is 0. The van der Waals surface area contributed by atoms with Crippen molar-refractivity contribution in [3.63, 3.8) is 0 Å². The number of aromatic nitrogens is 1. The van der Waals surface area contributed by atoms with Gasteiger partial charge in [-0.3, -0.25) is 0 Å². The standard InChI is InChI=1S/C17H17N3O/c1-21-15-7-8-17-16(9-15)14(11-18-17)12-20-19-10-13-5-3-2-4-6-13/h2-9,11-12,18-19H,10H2,1H3/b20-12+. The zero-order valence-electron chi connectivity index (χ0n) is 11.8. The first kappa shape index (κ1) is 13.2. The zero-order chi connectivity index (χ0) is 14.5. The molecular weight excluding hydrogens is 262 g/mol. The van der Waals surface area contributed by atoms with Crippen molar-refractivity contribution in [1.82, 2.24) is 10.4 Å². The Kier molecular flexibility index (Phi) is 3.87. The molecule has 1 aromatic heterocycles. The summed E-state index contributed by atoms with van der Waals surface area (Å²) in [5.41, 5.74) is 6.36. The van der Waals surface area contributed by atoms with Gasteiger partial charge in [0.1, 0.15) is 5.75 Å². The van der Waals surface area contributed by atoms with Gasteiger partial charge in [0.25, 0.3) is 0 Å². The van der Waals surface area contributed by atoms with Gasteiger partial charge in [0.15, 0.2) is 0 Å². The molecule has 0 unspecified atom stereocenters. The highest BCUT2D eigenvalue weighted by molar-refractivity contribution is 5.99. The molecule has 0 aliphatic carbocycles. The maximum absolute atomic E-state index is 5.26. The third kappa shape index (κ3) is 3.05. The molecule has 21 heavy (non-hydrogen) atoms. The Hall–Kier alpha value is -2.75. The molecule has 0 fully saturated rings. The highest BCUT2D eigenvalue weighted by Crippen LogP contribution is 2.22. The van der Waals surface area contributed by atoms with Crippen molar-refractivity contribution < 1.29 is 4.74 Å². The molecule has 4 nitrogen and oxygen atoms in total. The minimum atomic E-state index is 0.711. The number of rotatable bonds is 5. The Morgan fingerprint density at radius 3 is 2.86 bits per heavy atom. The smallest absolute Gasteiger partial charge is 0.119 e. The molecule has 3 rings (SSSR count). The van der Waals surface area contributed by atoms with Crippen LogP contribution in [0.4, 0.5) is 0 Å². The van der Waals surface area contributed by atoms with Crippen LogP contribution in [-0.4, -0.2) is 18.3 Å². The molecule has 0 saturated carbocycles. The maximum Gasteiger partial charge on any atom is 0.119 e. The molecule has 0 saturated heterocycles. The topological polar surface area (TPSA) is 49.4 Å². The quantitative estimate of drug-likeness (QED) is 0.556. The fourth-order valence-electron chi connectivity index (χ4n) is 2.20. The van der Waals surface area contributed by atoms with Crippen LogP contribution in [0, 0.1) is 0 Å². The molecule has 3 aromatic rings.